The van der Waals surface area contributed by atoms with Gasteiger partial charge in [-0.15, -0.1) is 0 Å². The molecule has 37 heavy (non-hydrogen) atoms. The largest absolute Gasteiger partial charge is 0.497 e. The average molecular weight is 547 g/mol. The number of nitrogens with zero attached hydrogens (tertiary/aromatic N) is 2. The fraction of sp³-hybridized carbons (Fsp3) is 0.167. The van der Waals surface area contributed by atoms with Gasteiger partial charge in [0.25, 0.3) is 0 Å². The minimum absolute atomic E-state index is 0.660. The van der Waals surface area contributed by atoms with Crippen molar-refractivity contribution in [3.63, 3.8) is 0 Å². The van der Waals surface area contributed by atoms with Crippen molar-refractivity contribution in [1.29, 1.82) is 0 Å². The summed E-state index contributed by atoms with van der Waals surface area (Å²) in [7, 11) is 1.69. The van der Waals surface area contributed by atoms with Crippen LogP contribution in [0.1, 0.15) is 24.1 Å². The highest BCUT2D eigenvalue weighted by molar-refractivity contribution is 7.81. The van der Waals surface area contributed by atoms with Crippen molar-refractivity contribution in [1.82, 2.24) is 8.97 Å². The second kappa shape index (κ2) is 9.90. The fourth-order valence-corrected chi connectivity index (χ4v) is 5.82. The zero-order valence-electron chi connectivity index (χ0n) is 20.3. The Morgan fingerprint density at radius 2 is 1.51 bits per heavy atom. The average Bonchev–Trinajstić information content (AvgIpc) is 3.33. The fourth-order valence-electron chi connectivity index (χ4n) is 5.25. The highest BCUT2D eigenvalue weighted by Crippen LogP contribution is 2.40. The molecular formula is C30H25Cl2N3OS. The van der Waals surface area contributed by atoms with Crippen molar-refractivity contribution in [3.05, 3.63) is 100 Å². The Morgan fingerprint density at radius 1 is 0.865 bits per heavy atom. The number of ether oxygens (including phenoxy) is 1. The molecule has 5 aromatic rings. The molecule has 2 aromatic heterocycles. The van der Waals surface area contributed by atoms with Crippen LogP contribution < -0.4 is 10.1 Å². The van der Waals surface area contributed by atoms with Crippen LogP contribution in [0.15, 0.2) is 79.0 Å². The lowest BCUT2D eigenvalue weighted by molar-refractivity contribution is 0.415. The number of rotatable bonds is 5. The van der Waals surface area contributed by atoms with Gasteiger partial charge in [-0.1, -0.05) is 47.6 Å². The summed E-state index contributed by atoms with van der Waals surface area (Å²) < 4.78 is 10.1. The molecule has 0 unspecified atom stereocenters. The summed E-state index contributed by atoms with van der Waals surface area (Å²) >= 11 is 18.5. The first-order valence-corrected chi connectivity index (χ1v) is 13.4. The SMILES string of the molecule is COc1ccc(-c2cn3c(C(=S)Nc4ccc(Cl)cc4)c(-c4ccc(Cl)cc4)c4c3n2CCCC4)cc1. The maximum Gasteiger partial charge on any atom is 0.128 e. The summed E-state index contributed by atoms with van der Waals surface area (Å²) in [5.41, 5.74) is 8.97. The van der Waals surface area contributed by atoms with Crippen LogP contribution in [0.5, 0.6) is 5.75 Å². The Morgan fingerprint density at radius 3 is 2.19 bits per heavy atom. The van der Waals surface area contributed by atoms with Crippen molar-refractivity contribution in [2.75, 3.05) is 12.4 Å². The number of nitrogens with one attached hydrogen (secondary N) is 1. The third-order valence-corrected chi connectivity index (χ3v) is 7.77. The molecule has 1 aliphatic rings. The van der Waals surface area contributed by atoms with Crippen molar-refractivity contribution in [3.8, 4) is 28.1 Å². The lowest BCUT2D eigenvalue weighted by Gasteiger charge is -2.12. The zero-order chi connectivity index (χ0) is 25.5. The minimum Gasteiger partial charge on any atom is -0.497 e. The molecule has 0 saturated carbocycles. The molecule has 1 aliphatic heterocycles. The topological polar surface area (TPSA) is 30.6 Å². The third-order valence-electron chi connectivity index (χ3n) is 6.97. The Kier molecular flexibility index (Phi) is 6.45. The van der Waals surface area contributed by atoms with Crippen molar-refractivity contribution < 1.29 is 4.74 Å². The number of hydrogen-bond acceptors (Lipinski definition) is 2. The Labute approximate surface area is 231 Å². The lowest BCUT2D eigenvalue weighted by atomic mass is 9.98. The molecule has 4 nitrogen and oxygen atoms in total. The van der Waals surface area contributed by atoms with Gasteiger partial charge in [0.2, 0.25) is 0 Å². The summed E-state index contributed by atoms with van der Waals surface area (Å²) in [6.45, 7) is 0.950. The summed E-state index contributed by atoms with van der Waals surface area (Å²) in [5, 5.41) is 4.86. The molecule has 3 aromatic carbocycles. The van der Waals surface area contributed by atoms with Crippen LogP contribution in [-0.4, -0.2) is 21.1 Å². The predicted molar refractivity (Wildman–Crippen MR) is 158 cm³/mol. The van der Waals surface area contributed by atoms with E-state index >= 15 is 0 Å². The molecular weight excluding hydrogens is 521 g/mol. The monoisotopic (exact) mass is 545 g/mol. The van der Waals surface area contributed by atoms with E-state index < -0.39 is 0 Å². The van der Waals surface area contributed by atoms with Gasteiger partial charge < -0.3 is 14.6 Å². The van der Waals surface area contributed by atoms with E-state index in [9.17, 15) is 0 Å². The number of methoxy groups -OCH3 is 1. The minimum atomic E-state index is 0.660. The van der Waals surface area contributed by atoms with Gasteiger partial charge in [0.05, 0.1) is 18.5 Å². The molecule has 0 spiro atoms. The van der Waals surface area contributed by atoms with Gasteiger partial charge in [0.15, 0.2) is 0 Å². The van der Waals surface area contributed by atoms with Crippen molar-refractivity contribution >= 4 is 51.7 Å². The van der Waals surface area contributed by atoms with E-state index in [4.69, 9.17) is 40.2 Å². The number of thiocarbonyl (C=S) groups is 1. The van der Waals surface area contributed by atoms with E-state index in [0.717, 1.165) is 59.6 Å². The summed E-state index contributed by atoms with van der Waals surface area (Å²) in [4.78, 5) is 0.660. The quantitative estimate of drug-likeness (QED) is 0.224. The van der Waals surface area contributed by atoms with E-state index in [1.54, 1.807) is 7.11 Å². The van der Waals surface area contributed by atoms with Crippen LogP contribution in [0.3, 0.4) is 0 Å². The first kappa shape index (κ1) is 24.1. The Hall–Kier alpha value is -3.25. The number of aromatic nitrogens is 2. The second-order valence-electron chi connectivity index (χ2n) is 9.22. The van der Waals surface area contributed by atoms with E-state index in [2.05, 4.69) is 44.7 Å². The van der Waals surface area contributed by atoms with Crippen LogP contribution in [0.25, 0.3) is 28.0 Å². The molecule has 7 heteroatoms. The van der Waals surface area contributed by atoms with Crippen LogP contribution in [0.4, 0.5) is 5.69 Å². The molecule has 0 saturated heterocycles. The van der Waals surface area contributed by atoms with Gasteiger partial charge in [-0.2, -0.15) is 0 Å². The van der Waals surface area contributed by atoms with Gasteiger partial charge >= 0.3 is 0 Å². The normalized spacial score (nSPS) is 12.9. The molecule has 186 valence electrons. The zero-order valence-corrected chi connectivity index (χ0v) is 22.6. The van der Waals surface area contributed by atoms with Crippen LogP contribution in [0.2, 0.25) is 10.0 Å². The molecule has 0 aliphatic carbocycles. The van der Waals surface area contributed by atoms with Gasteiger partial charge in [0.1, 0.15) is 16.4 Å². The standard InChI is InChI=1S/C30H25Cl2N3OS/c1-36-24-15-7-19(8-16-24)26-18-35-28(29(37)33-23-13-11-22(32)12-14-23)27(20-5-9-21(31)10-6-20)25-4-2-3-17-34(26)30(25)35/h5-16,18H,2-4,17H2,1H3,(H,33,37). The second-order valence-corrected chi connectivity index (χ2v) is 10.5. The molecule has 0 fully saturated rings. The number of halogens is 2. The number of aryl methyl sites for hydroxylation is 2. The van der Waals surface area contributed by atoms with Crippen molar-refractivity contribution in [2.45, 2.75) is 25.8 Å². The molecule has 0 bridgehead atoms. The maximum atomic E-state index is 6.26. The molecule has 1 N–H and O–H groups in total. The van der Waals surface area contributed by atoms with Gasteiger partial charge in [0, 0.05) is 39.6 Å². The van der Waals surface area contributed by atoms with E-state index in [1.165, 1.54) is 16.9 Å². The Balaban J connectivity index is 1.58. The molecule has 0 radical (unpaired) electrons. The first-order valence-electron chi connectivity index (χ1n) is 12.3. The molecule has 6 rings (SSSR count). The van der Waals surface area contributed by atoms with E-state index in [0.29, 0.717) is 15.0 Å². The maximum absolute atomic E-state index is 6.26. The number of hydrogen-bond donors (Lipinski definition) is 1. The Bertz CT molecular complexity index is 1600. The summed E-state index contributed by atoms with van der Waals surface area (Å²) in [6, 6.07) is 23.9. The highest BCUT2D eigenvalue weighted by Gasteiger charge is 2.28. The van der Waals surface area contributed by atoms with Gasteiger partial charge in [-0.3, -0.25) is 4.40 Å². The molecule has 3 heterocycles. The van der Waals surface area contributed by atoms with Crippen LogP contribution in [-0.2, 0) is 13.0 Å². The van der Waals surface area contributed by atoms with Gasteiger partial charge in [-0.05, 0) is 91.1 Å². The van der Waals surface area contributed by atoms with Crippen LogP contribution >= 0.6 is 35.4 Å². The lowest BCUT2D eigenvalue weighted by Crippen LogP contribution is -2.14. The molecule has 0 amide bonds. The first-order chi connectivity index (χ1) is 18.0. The number of benzene rings is 3. The highest BCUT2D eigenvalue weighted by atomic mass is 35.5. The van der Waals surface area contributed by atoms with Gasteiger partial charge in [-0.25, -0.2) is 0 Å². The summed E-state index contributed by atoms with van der Waals surface area (Å²) in [6.07, 6.45) is 5.43. The summed E-state index contributed by atoms with van der Waals surface area (Å²) in [5.74, 6) is 0.845. The number of anilines is 1. The van der Waals surface area contributed by atoms with Crippen molar-refractivity contribution in [2.24, 2.45) is 0 Å². The smallest absolute Gasteiger partial charge is 0.128 e. The number of imidazole rings is 1. The predicted octanol–water partition coefficient (Wildman–Crippen LogP) is 8.51. The van der Waals surface area contributed by atoms with E-state index in [1.807, 2.05) is 48.5 Å². The van der Waals surface area contributed by atoms with E-state index in [-0.39, 0.29) is 0 Å². The molecule has 0 atom stereocenters. The third kappa shape index (κ3) is 4.42. The van der Waals surface area contributed by atoms with Crippen LogP contribution in [0, 0.1) is 0 Å².